The molecule has 1 N–H and O–H groups in total. The summed E-state index contributed by atoms with van der Waals surface area (Å²) in [7, 11) is 1.93. The average molecular weight is 263 g/mol. The first kappa shape index (κ1) is 13.7. The third-order valence-corrected chi connectivity index (χ3v) is 2.75. The van der Waals surface area contributed by atoms with Crippen LogP contribution in [0.15, 0.2) is 27.2 Å². The lowest BCUT2D eigenvalue weighted by molar-refractivity contribution is 0.469. The summed E-state index contributed by atoms with van der Waals surface area (Å²) in [5.74, 6) is 1.82. The van der Waals surface area contributed by atoms with Gasteiger partial charge in [-0.1, -0.05) is 13.8 Å². The van der Waals surface area contributed by atoms with E-state index in [1.807, 2.05) is 31.0 Å². The van der Waals surface area contributed by atoms with Crippen LogP contribution >= 0.6 is 0 Å². The van der Waals surface area contributed by atoms with Gasteiger partial charge in [-0.05, 0) is 19.1 Å². The van der Waals surface area contributed by atoms with Gasteiger partial charge in [0.2, 0.25) is 0 Å². The summed E-state index contributed by atoms with van der Waals surface area (Å²) in [5, 5.41) is 3.31. The summed E-state index contributed by atoms with van der Waals surface area (Å²) < 4.78 is 11.0. The molecule has 2 aromatic rings. The first-order chi connectivity index (χ1) is 9.04. The van der Waals surface area contributed by atoms with Crippen molar-refractivity contribution in [3.8, 4) is 0 Å². The molecular weight excluding hydrogens is 242 g/mol. The maximum Gasteiger partial charge on any atom is 0.297 e. The van der Waals surface area contributed by atoms with Crippen LogP contribution in [0.3, 0.4) is 0 Å². The van der Waals surface area contributed by atoms with E-state index >= 15 is 0 Å². The molecule has 5 nitrogen and oxygen atoms in total. The zero-order valence-electron chi connectivity index (χ0n) is 11.9. The van der Waals surface area contributed by atoms with Crippen LogP contribution in [0.5, 0.6) is 0 Å². The summed E-state index contributed by atoms with van der Waals surface area (Å²) >= 11 is 0. The van der Waals surface area contributed by atoms with Crippen LogP contribution < -0.4 is 10.2 Å². The van der Waals surface area contributed by atoms with Crippen molar-refractivity contribution >= 4 is 6.01 Å². The molecule has 0 aromatic carbocycles. The number of nitrogens with one attached hydrogen (secondary N) is 1. The highest BCUT2D eigenvalue weighted by atomic mass is 16.4. The van der Waals surface area contributed by atoms with Crippen molar-refractivity contribution in [3.05, 3.63) is 35.6 Å². The fraction of sp³-hybridized carbons (Fsp3) is 0.500. The van der Waals surface area contributed by atoms with Crippen molar-refractivity contribution in [2.45, 2.75) is 39.9 Å². The van der Waals surface area contributed by atoms with Gasteiger partial charge in [0.15, 0.2) is 0 Å². The number of rotatable bonds is 6. The minimum absolute atomic E-state index is 0.434. The predicted octanol–water partition coefficient (Wildman–Crippen LogP) is 2.71. The zero-order valence-corrected chi connectivity index (χ0v) is 11.9. The average Bonchev–Trinajstić information content (AvgIpc) is 2.95. The van der Waals surface area contributed by atoms with E-state index in [0.29, 0.717) is 18.6 Å². The highest BCUT2D eigenvalue weighted by Gasteiger charge is 2.11. The molecule has 0 aliphatic heterocycles. The van der Waals surface area contributed by atoms with Crippen LogP contribution in [0, 0.1) is 6.92 Å². The minimum Gasteiger partial charge on any atom is -0.464 e. The number of nitrogens with zero attached hydrogens (tertiary/aromatic N) is 2. The fourth-order valence-corrected chi connectivity index (χ4v) is 1.73. The number of aryl methyl sites for hydroxylation is 1. The van der Waals surface area contributed by atoms with E-state index in [0.717, 1.165) is 23.8 Å². The number of oxazole rings is 1. The molecule has 0 spiro atoms. The Bertz CT molecular complexity index is 516. The summed E-state index contributed by atoms with van der Waals surface area (Å²) in [4.78, 5) is 6.37. The number of hydrogen-bond donors (Lipinski definition) is 1. The minimum atomic E-state index is 0.434. The third-order valence-electron chi connectivity index (χ3n) is 2.75. The largest absolute Gasteiger partial charge is 0.464 e. The second kappa shape index (κ2) is 5.93. The van der Waals surface area contributed by atoms with Gasteiger partial charge in [0, 0.05) is 19.6 Å². The fourth-order valence-electron chi connectivity index (χ4n) is 1.73. The van der Waals surface area contributed by atoms with E-state index < -0.39 is 0 Å². The van der Waals surface area contributed by atoms with E-state index in [9.17, 15) is 0 Å². The molecule has 104 valence electrons. The molecule has 0 unspecified atom stereocenters. The van der Waals surface area contributed by atoms with Gasteiger partial charge in [0.05, 0.1) is 12.2 Å². The smallest absolute Gasteiger partial charge is 0.297 e. The van der Waals surface area contributed by atoms with Crippen LogP contribution in [0.1, 0.15) is 31.1 Å². The molecule has 0 saturated heterocycles. The number of aromatic nitrogens is 1. The molecule has 2 rings (SSSR count). The first-order valence-corrected chi connectivity index (χ1v) is 6.49. The summed E-state index contributed by atoms with van der Waals surface area (Å²) in [6.07, 6.45) is 1.69. The Balaban J connectivity index is 1.94. The molecule has 5 heteroatoms. The molecular formula is C14H21N3O2. The maximum atomic E-state index is 5.54. The van der Waals surface area contributed by atoms with E-state index in [4.69, 9.17) is 8.83 Å². The van der Waals surface area contributed by atoms with Crippen LogP contribution in [0.2, 0.25) is 0 Å². The van der Waals surface area contributed by atoms with E-state index in [-0.39, 0.29) is 0 Å². The Morgan fingerprint density at radius 3 is 2.79 bits per heavy atom. The van der Waals surface area contributed by atoms with Gasteiger partial charge < -0.3 is 19.1 Å². The van der Waals surface area contributed by atoms with Gasteiger partial charge in [-0.15, -0.1) is 0 Å². The Morgan fingerprint density at radius 1 is 1.37 bits per heavy atom. The van der Waals surface area contributed by atoms with Gasteiger partial charge in [-0.2, -0.15) is 4.98 Å². The lowest BCUT2D eigenvalue weighted by Gasteiger charge is -2.12. The molecule has 19 heavy (non-hydrogen) atoms. The highest BCUT2D eigenvalue weighted by molar-refractivity contribution is 5.26. The van der Waals surface area contributed by atoms with Crippen LogP contribution in [0.4, 0.5) is 6.01 Å². The second-order valence-corrected chi connectivity index (χ2v) is 5.03. The van der Waals surface area contributed by atoms with Crippen LogP contribution in [-0.4, -0.2) is 18.1 Å². The number of furan rings is 1. The van der Waals surface area contributed by atoms with Crippen molar-refractivity contribution in [1.82, 2.24) is 10.3 Å². The van der Waals surface area contributed by atoms with Crippen molar-refractivity contribution in [2.24, 2.45) is 0 Å². The third kappa shape index (κ3) is 3.86. The van der Waals surface area contributed by atoms with Crippen LogP contribution in [0.25, 0.3) is 0 Å². The quantitative estimate of drug-likeness (QED) is 0.868. The highest BCUT2D eigenvalue weighted by Crippen LogP contribution is 2.16. The first-order valence-electron chi connectivity index (χ1n) is 6.49. The van der Waals surface area contributed by atoms with Crippen molar-refractivity contribution in [2.75, 3.05) is 11.9 Å². The SMILES string of the molecule is Cc1ccc(CN(C)c2nc(CNC(C)C)co2)o1. The lowest BCUT2D eigenvalue weighted by Crippen LogP contribution is -2.22. The normalized spacial score (nSPS) is 11.2. The predicted molar refractivity (Wildman–Crippen MR) is 74.0 cm³/mol. The molecule has 2 heterocycles. The monoisotopic (exact) mass is 263 g/mol. The molecule has 0 amide bonds. The van der Waals surface area contributed by atoms with Crippen molar-refractivity contribution in [1.29, 1.82) is 0 Å². The Hall–Kier alpha value is -1.75. The Labute approximate surface area is 113 Å². The molecule has 0 atom stereocenters. The lowest BCUT2D eigenvalue weighted by atomic mass is 10.4. The van der Waals surface area contributed by atoms with Gasteiger partial charge in [0.25, 0.3) is 6.01 Å². The molecule has 0 aliphatic rings. The van der Waals surface area contributed by atoms with Crippen molar-refractivity contribution < 1.29 is 8.83 Å². The summed E-state index contributed by atoms with van der Waals surface area (Å²) in [6, 6.07) is 4.96. The Morgan fingerprint density at radius 2 is 2.16 bits per heavy atom. The molecule has 0 aliphatic carbocycles. The Kier molecular flexibility index (Phi) is 4.27. The molecule has 0 bridgehead atoms. The summed E-state index contributed by atoms with van der Waals surface area (Å²) in [5.41, 5.74) is 0.908. The van der Waals surface area contributed by atoms with E-state index in [1.165, 1.54) is 0 Å². The van der Waals surface area contributed by atoms with E-state index in [2.05, 4.69) is 24.1 Å². The summed E-state index contributed by atoms with van der Waals surface area (Å²) in [6.45, 7) is 7.50. The molecule has 0 saturated carbocycles. The second-order valence-electron chi connectivity index (χ2n) is 5.03. The zero-order chi connectivity index (χ0) is 13.8. The molecule has 2 aromatic heterocycles. The van der Waals surface area contributed by atoms with Gasteiger partial charge in [-0.3, -0.25) is 0 Å². The van der Waals surface area contributed by atoms with Crippen LogP contribution in [-0.2, 0) is 13.1 Å². The van der Waals surface area contributed by atoms with Gasteiger partial charge >= 0.3 is 0 Å². The molecule has 0 fully saturated rings. The topological polar surface area (TPSA) is 54.4 Å². The number of anilines is 1. The number of hydrogen-bond acceptors (Lipinski definition) is 5. The van der Waals surface area contributed by atoms with Gasteiger partial charge in [-0.25, -0.2) is 0 Å². The van der Waals surface area contributed by atoms with E-state index in [1.54, 1.807) is 6.26 Å². The van der Waals surface area contributed by atoms with Gasteiger partial charge in [0.1, 0.15) is 17.8 Å². The molecule has 0 radical (unpaired) electrons. The standard InChI is InChI=1S/C14H21N3O2/c1-10(2)15-7-12-9-18-14(16-12)17(4)8-13-6-5-11(3)19-13/h5-6,9-10,15H,7-8H2,1-4H3. The maximum absolute atomic E-state index is 5.54. The van der Waals surface area contributed by atoms with Crippen molar-refractivity contribution in [3.63, 3.8) is 0 Å².